The van der Waals surface area contributed by atoms with Gasteiger partial charge in [-0.05, 0) is 30.2 Å². The zero-order valence-corrected chi connectivity index (χ0v) is 14.3. The minimum atomic E-state index is -0.407. The standard InChI is InChI=1S/C20H22N2O3/c1-2-24-19-12-16(8-9-18(19)23)17(13-21)22-10-11-25-20(14-22)15-6-4-3-5-7-15/h3-9,12,17,20,23H,2,10-11,14H2,1H3/t17-,20+/m0/s1. The Balaban J connectivity index is 1.81. The molecule has 2 atom stereocenters. The zero-order valence-electron chi connectivity index (χ0n) is 14.3. The quantitative estimate of drug-likeness (QED) is 0.905. The van der Waals surface area contributed by atoms with Crippen molar-refractivity contribution in [3.63, 3.8) is 0 Å². The monoisotopic (exact) mass is 338 g/mol. The Morgan fingerprint density at radius 3 is 2.84 bits per heavy atom. The Morgan fingerprint density at radius 2 is 2.12 bits per heavy atom. The third kappa shape index (κ3) is 3.93. The predicted molar refractivity (Wildman–Crippen MR) is 94.3 cm³/mol. The Labute approximate surface area is 148 Å². The minimum Gasteiger partial charge on any atom is -0.504 e. The van der Waals surface area contributed by atoms with E-state index in [1.54, 1.807) is 18.2 Å². The molecule has 3 rings (SSSR count). The van der Waals surface area contributed by atoms with Crippen molar-refractivity contribution in [2.75, 3.05) is 26.3 Å². The molecule has 5 heteroatoms. The largest absolute Gasteiger partial charge is 0.504 e. The van der Waals surface area contributed by atoms with Gasteiger partial charge in [0.25, 0.3) is 0 Å². The molecule has 0 aliphatic carbocycles. The number of nitriles is 1. The number of ether oxygens (including phenoxy) is 2. The van der Waals surface area contributed by atoms with E-state index in [0.29, 0.717) is 32.1 Å². The number of hydrogen-bond acceptors (Lipinski definition) is 5. The van der Waals surface area contributed by atoms with E-state index in [4.69, 9.17) is 9.47 Å². The van der Waals surface area contributed by atoms with Crippen LogP contribution in [0.25, 0.3) is 0 Å². The highest BCUT2D eigenvalue weighted by Crippen LogP contribution is 2.33. The van der Waals surface area contributed by atoms with Crippen molar-refractivity contribution in [1.82, 2.24) is 4.90 Å². The lowest BCUT2D eigenvalue weighted by molar-refractivity contribution is -0.0383. The normalized spacial score (nSPS) is 19.1. The van der Waals surface area contributed by atoms with Gasteiger partial charge < -0.3 is 14.6 Å². The van der Waals surface area contributed by atoms with Crippen molar-refractivity contribution < 1.29 is 14.6 Å². The van der Waals surface area contributed by atoms with Crippen LogP contribution in [0.1, 0.15) is 30.2 Å². The summed E-state index contributed by atoms with van der Waals surface area (Å²) in [5, 5.41) is 19.6. The first-order valence-electron chi connectivity index (χ1n) is 8.49. The molecule has 2 aromatic carbocycles. The molecule has 1 heterocycles. The molecule has 2 aromatic rings. The van der Waals surface area contributed by atoms with Gasteiger partial charge in [-0.25, -0.2) is 0 Å². The molecule has 130 valence electrons. The van der Waals surface area contributed by atoms with Gasteiger partial charge in [-0.15, -0.1) is 0 Å². The van der Waals surface area contributed by atoms with Crippen LogP contribution in [0.4, 0.5) is 0 Å². The van der Waals surface area contributed by atoms with E-state index >= 15 is 0 Å². The van der Waals surface area contributed by atoms with E-state index in [1.165, 1.54) is 0 Å². The summed E-state index contributed by atoms with van der Waals surface area (Å²) in [5.74, 6) is 0.500. The summed E-state index contributed by atoms with van der Waals surface area (Å²) in [7, 11) is 0. The summed E-state index contributed by atoms with van der Waals surface area (Å²) in [6, 6.07) is 17.1. The third-order valence-corrected chi connectivity index (χ3v) is 4.36. The van der Waals surface area contributed by atoms with E-state index in [1.807, 2.05) is 37.3 Å². The highest BCUT2D eigenvalue weighted by atomic mass is 16.5. The molecule has 1 aliphatic rings. The smallest absolute Gasteiger partial charge is 0.161 e. The molecule has 0 spiro atoms. The molecular formula is C20H22N2O3. The van der Waals surface area contributed by atoms with Crippen molar-refractivity contribution >= 4 is 0 Å². The second-order valence-electron chi connectivity index (χ2n) is 5.96. The maximum atomic E-state index is 9.88. The van der Waals surface area contributed by atoms with Gasteiger partial charge in [-0.1, -0.05) is 36.4 Å². The van der Waals surface area contributed by atoms with E-state index in [9.17, 15) is 10.4 Å². The number of phenolic OH excluding ortho intramolecular Hbond substituents is 1. The Kier molecular flexibility index (Phi) is 5.54. The van der Waals surface area contributed by atoms with Gasteiger partial charge >= 0.3 is 0 Å². The number of aromatic hydroxyl groups is 1. The summed E-state index contributed by atoms with van der Waals surface area (Å²) in [6.45, 7) is 4.23. The average molecular weight is 338 g/mol. The molecule has 0 bridgehead atoms. The first-order valence-corrected chi connectivity index (χ1v) is 8.49. The number of phenols is 1. The van der Waals surface area contributed by atoms with Crippen LogP contribution < -0.4 is 4.74 Å². The lowest BCUT2D eigenvalue weighted by Crippen LogP contribution is -2.40. The van der Waals surface area contributed by atoms with Crippen molar-refractivity contribution in [2.24, 2.45) is 0 Å². The van der Waals surface area contributed by atoms with Crippen LogP contribution >= 0.6 is 0 Å². The molecule has 0 aromatic heterocycles. The number of hydrogen-bond donors (Lipinski definition) is 1. The Hall–Kier alpha value is -2.55. The zero-order chi connectivity index (χ0) is 17.6. The Morgan fingerprint density at radius 1 is 1.32 bits per heavy atom. The second kappa shape index (κ2) is 8.02. The van der Waals surface area contributed by atoms with Crippen molar-refractivity contribution in [3.05, 3.63) is 59.7 Å². The Bertz CT molecular complexity index is 742. The first kappa shape index (κ1) is 17.3. The number of nitrogens with zero attached hydrogens (tertiary/aromatic N) is 2. The van der Waals surface area contributed by atoms with Crippen molar-refractivity contribution in [1.29, 1.82) is 5.26 Å². The maximum absolute atomic E-state index is 9.88. The number of morpholine rings is 1. The number of benzene rings is 2. The lowest BCUT2D eigenvalue weighted by Gasteiger charge is -2.36. The van der Waals surface area contributed by atoms with Crippen LogP contribution in [-0.4, -0.2) is 36.3 Å². The van der Waals surface area contributed by atoms with Crippen LogP contribution in [-0.2, 0) is 4.74 Å². The fourth-order valence-corrected chi connectivity index (χ4v) is 3.11. The fourth-order valence-electron chi connectivity index (χ4n) is 3.11. The number of rotatable bonds is 5. The van der Waals surface area contributed by atoms with Gasteiger partial charge in [-0.2, -0.15) is 5.26 Å². The predicted octanol–water partition coefficient (Wildman–Crippen LogP) is 3.43. The van der Waals surface area contributed by atoms with E-state index in [0.717, 1.165) is 11.1 Å². The molecular weight excluding hydrogens is 316 g/mol. The summed E-state index contributed by atoms with van der Waals surface area (Å²) in [4.78, 5) is 2.11. The van der Waals surface area contributed by atoms with Gasteiger partial charge in [-0.3, -0.25) is 4.90 Å². The van der Waals surface area contributed by atoms with Crippen LogP contribution in [0.5, 0.6) is 11.5 Å². The summed E-state index contributed by atoms with van der Waals surface area (Å²) >= 11 is 0. The summed E-state index contributed by atoms with van der Waals surface area (Å²) in [5.41, 5.74) is 1.93. The lowest BCUT2D eigenvalue weighted by atomic mass is 10.0. The van der Waals surface area contributed by atoms with E-state index in [2.05, 4.69) is 11.0 Å². The van der Waals surface area contributed by atoms with Crippen LogP contribution in [0.2, 0.25) is 0 Å². The fraction of sp³-hybridized carbons (Fsp3) is 0.350. The van der Waals surface area contributed by atoms with E-state index in [-0.39, 0.29) is 11.9 Å². The van der Waals surface area contributed by atoms with Crippen molar-refractivity contribution in [2.45, 2.75) is 19.1 Å². The van der Waals surface area contributed by atoms with Gasteiger partial charge in [0.15, 0.2) is 11.5 Å². The summed E-state index contributed by atoms with van der Waals surface area (Å²) in [6.07, 6.45) is -0.0470. The average Bonchev–Trinajstić information content (AvgIpc) is 2.66. The second-order valence-corrected chi connectivity index (χ2v) is 5.96. The van der Waals surface area contributed by atoms with Gasteiger partial charge in [0.1, 0.15) is 6.04 Å². The van der Waals surface area contributed by atoms with Gasteiger partial charge in [0, 0.05) is 13.1 Å². The molecule has 1 fully saturated rings. The molecule has 0 radical (unpaired) electrons. The van der Waals surface area contributed by atoms with E-state index < -0.39 is 6.04 Å². The first-order chi connectivity index (χ1) is 12.2. The van der Waals surface area contributed by atoms with Crippen molar-refractivity contribution in [3.8, 4) is 17.6 Å². The molecule has 0 saturated carbocycles. The van der Waals surface area contributed by atoms with Gasteiger partial charge in [0.2, 0.25) is 0 Å². The molecule has 1 N–H and O–H groups in total. The SMILES string of the molecule is CCOc1cc([C@H](C#N)N2CCO[C@@H](c3ccccc3)C2)ccc1O. The third-order valence-electron chi connectivity index (χ3n) is 4.36. The molecule has 25 heavy (non-hydrogen) atoms. The highest BCUT2D eigenvalue weighted by Gasteiger charge is 2.28. The van der Waals surface area contributed by atoms with Crippen LogP contribution in [0.3, 0.4) is 0 Å². The van der Waals surface area contributed by atoms with Crippen LogP contribution in [0.15, 0.2) is 48.5 Å². The molecule has 0 amide bonds. The molecule has 1 saturated heterocycles. The minimum absolute atomic E-state index is 0.0470. The maximum Gasteiger partial charge on any atom is 0.161 e. The molecule has 5 nitrogen and oxygen atoms in total. The highest BCUT2D eigenvalue weighted by molar-refractivity contribution is 5.44. The molecule has 1 aliphatic heterocycles. The van der Waals surface area contributed by atoms with Crippen LogP contribution in [0, 0.1) is 11.3 Å². The topological polar surface area (TPSA) is 65.7 Å². The summed E-state index contributed by atoms with van der Waals surface area (Å²) < 4.78 is 11.3. The van der Waals surface area contributed by atoms with Gasteiger partial charge in [0.05, 0.1) is 25.4 Å². The molecule has 0 unspecified atom stereocenters.